The Morgan fingerprint density at radius 3 is 2.58 bits per heavy atom. The highest BCUT2D eigenvalue weighted by Crippen LogP contribution is 2.29. The van der Waals surface area contributed by atoms with Crippen LogP contribution in [0.3, 0.4) is 0 Å². The van der Waals surface area contributed by atoms with Gasteiger partial charge in [0.2, 0.25) is 0 Å². The van der Waals surface area contributed by atoms with Crippen LogP contribution in [-0.2, 0) is 0 Å². The van der Waals surface area contributed by atoms with Crippen molar-refractivity contribution in [1.82, 2.24) is 20.2 Å². The van der Waals surface area contributed by atoms with Crippen molar-refractivity contribution in [1.29, 1.82) is 0 Å². The summed E-state index contributed by atoms with van der Waals surface area (Å²) >= 11 is 5.36. The fourth-order valence-electron chi connectivity index (χ4n) is 3.16. The van der Waals surface area contributed by atoms with Gasteiger partial charge in [-0.2, -0.15) is 10.2 Å². The summed E-state index contributed by atoms with van der Waals surface area (Å²) < 4.78 is 12.4. The van der Waals surface area contributed by atoms with Crippen LogP contribution in [0.5, 0.6) is 11.5 Å². The highest BCUT2D eigenvalue weighted by atomic mass is 32.1. The van der Waals surface area contributed by atoms with Gasteiger partial charge in [0.05, 0.1) is 26.1 Å². The molecule has 166 valence electrons. The Balaban J connectivity index is 1.51. The Hall–Kier alpha value is -4.24. The third-order valence-corrected chi connectivity index (χ3v) is 4.90. The second-order valence-electron chi connectivity index (χ2n) is 6.85. The number of nitrogens with zero attached hydrogens (tertiary/aromatic N) is 4. The topological polar surface area (TPSA) is 85.6 Å². The first-order chi connectivity index (χ1) is 16.2. The summed E-state index contributed by atoms with van der Waals surface area (Å²) in [6.07, 6.45) is 7.09. The summed E-state index contributed by atoms with van der Waals surface area (Å²) in [6, 6.07) is 19.1. The van der Waals surface area contributed by atoms with Crippen LogP contribution in [0, 0.1) is 0 Å². The second-order valence-corrected chi connectivity index (χ2v) is 7.26. The molecule has 0 saturated carbocycles. The van der Waals surface area contributed by atoms with Crippen molar-refractivity contribution in [3.63, 3.8) is 0 Å². The van der Waals surface area contributed by atoms with E-state index in [-0.39, 0.29) is 0 Å². The molecule has 0 bridgehead atoms. The smallest absolute Gasteiger partial charge is 0.191 e. The maximum Gasteiger partial charge on any atom is 0.191 e. The molecular formula is C24H22N6O2S. The van der Waals surface area contributed by atoms with Gasteiger partial charge in [0, 0.05) is 41.5 Å². The minimum absolute atomic E-state index is 0.330. The number of thiocarbonyl (C=S) groups is 1. The van der Waals surface area contributed by atoms with Crippen LogP contribution in [-0.4, -0.2) is 40.3 Å². The van der Waals surface area contributed by atoms with Gasteiger partial charge in [-0.05, 0) is 48.6 Å². The number of benzene rings is 2. The number of anilines is 1. The van der Waals surface area contributed by atoms with Gasteiger partial charge in [0.15, 0.2) is 16.6 Å². The van der Waals surface area contributed by atoms with E-state index in [1.54, 1.807) is 45.0 Å². The van der Waals surface area contributed by atoms with E-state index in [1.165, 1.54) is 0 Å². The van der Waals surface area contributed by atoms with Crippen molar-refractivity contribution in [2.24, 2.45) is 5.10 Å². The molecule has 4 aromatic rings. The molecule has 0 unspecified atom stereocenters. The zero-order valence-electron chi connectivity index (χ0n) is 18.1. The van der Waals surface area contributed by atoms with E-state index in [4.69, 9.17) is 26.8 Å². The lowest BCUT2D eigenvalue weighted by Crippen LogP contribution is -2.23. The quantitative estimate of drug-likeness (QED) is 0.243. The second kappa shape index (κ2) is 10.4. The molecular weight excluding hydrogens is 436 g/mol. The average Bonchev–Trinajstić information content (AvgIpc) is 3.29. The Morgan fingerprint density at radius 1 is 1.03 bits per heavy atom. The van der Waals surface area contributed by atoms with Gasteiger partial charge in [0.1, 0.15) is 5.69 Å². The van der Waals surface area contributed by atoms with Crippen LogP contribution in [0.25, 0.3) is 16.9 Å². The van der Waals surface area contributed by atoms with Crippen LogP contribution < -0.4 is 20.2 Å². The highest BCUT2D eigenvalue weighted by molar-refractivity contribution is 7.80. The first-order valence-electron chi connectivity index (χ1n) is 10.1. The first kappa shape index (κ1) is 22.0. The average molecular weight is 459 g/mol. The molecule has 0 spiro atoms. The monoisotopic (exact) mass is 458 g/mol. The lowest BCUT2D eigenvalue weighted by atomic mass is 10.1. The number of hydrazone groups is 1. The highest BCUT2D eigenvalue weighted by Gasteiger charge is 2.11. The minimum atomic E-state index is 0.330. The molecule has 0 aliphatic carbocycles. The van der Waals surface area contributed by atoms with Gasteiger partial charge in [0.25, 0.3) is 0 Å². The zero-order chi connectivity index (χ0) is 23.0. The lowest BCUT2D eigenvalue weighted by Gasteiger charge is -2.11. The molecule has 0 atom stereocenters. The number of methoxy groups -OCH3 is 2. The molecule has 9 heteroatoms. The van der Waals surface area contributed by atoms with Crippen molar-refractivity contribution in [3.05, 3.63) is 84.8 Å². The predicted octanol–water partition coefficient (Wildman–Crippen LogP) is 4.27. The molecule has 0 radical (unpaired) electrons. The number of rotatable bonds is 7. The number of ether oxygens (including phenoxy) is 2. The Morgan fingerprint density at radius 2 is 1.85 bits per heavy atom. The van der Waals surface area contributed by atoms with Crippen molar-refractivity contribution < 1.29 is 9.47 Å². The summed E-state index contributed by atoms with van der Waals surface area (Å²) in [5.41, 5.74) is 6.99. The van der Waals surface area contributed by atoms with Crippen molar-refractivity contribution >= 4 is 29.2 Å². The van der Waals surface area contributed by atoms with Gasteiger partial charge >= 0.3 is 0 Å². The summed E-state index contributed by atoms with van der Waals surface area (Å²) in [6.45, 7) is 0. The summed E-state index contributed by atoms with van der Waals surface area (Å²) in [5, 5.41) is 12.4. The Kier molecular flexibility index (Phi) is 6.91. The number of nitrogens with one attached hydrogen (secondary N) is 2. The lowest BCUT2D eigenvalue weighted by molar-refractivity contribution is 0.355. The van der Waals surface area contributed by atoms with Gasteiger partial charge in [-0.3, -0.25) is 10.4 Å². The number of hydrogen-bond acceptors (Lipinski definition) is 6. The van der Waals surface area contributed by atoms with E-state index in [0.29, 0.717) is 16.6 Å². The predicted molar refractivity (Wildman–Crippen MR) is 133 cm³/mol. The maximum absolute atomic E-state index is 5.36. The van der Waals surface area contributed by atoms with E-state index in [9.17, 15) is 0 Å². The van der Waals surface area contributed by atoms with Crippen molar-refractivity contribution in [2.45, 2.75) is 0 Å². The van der Waals surface area contributed by atoms with Gasteiger partial charge in [-0.1, -0.05) is 18.2 Å². The van der Waals surface area contributed by atoms with Crippen LogP contribution in [0.1, 0.15) is 5.56 Å². The largest absolute Gasteiger partial charge is 0.493 e. The number of pyridine rings is 1. The standard InChI is InChI=1S/C24H22N6O2S/c1-31-21-11-10-19(13-22(21)32-2)27-24(33)28-26-15-18-16-30(20-8-4-3-5-9-20)29-23(18)17-7-6-12-25-14-17/h3-16H,1-2H3,(H2,27,28,33)/b26-15+. The number of aromatic nitrogens is 3. The minimum Gasteiger partial charge on any atom is -0.493 e. The van der Waals surface area contributed by atoms with Crippen LogP contribution in [0.2, 0.25) is 0 Å². The molecule has 0 aliphatic heterocycles. The van der Waals surface area contributed by atoms with E-state index < -0.39 is 0 Å². The van der Waals surface area contributed by atoms with Gasteiger partial charge < -0.3 is 14.8 Å². The zero-order valence-corrected chi connectivity index (χ0v) is 18.9. The first-order valence-corrected chi connectivity index (χ1v) is 10.5. The van der Waals surface area contributed by atoms with Gasteiger partial charge in [-0.15, -0.1) is 0 Å². The summed E-state index contributed by atoms with van der Waals surface area (Å²) in [7, 11) is 3.17. The summed E-state index contributed by atoms with van der Waals surface area (Å²) in [5.74, 6) is 1.24. The third-order valence-electron chi connectivity index (χ3n) is 4.71. The Labute approximate surface area is 196 Å². The van der Waals surface area contributed by atoms with Crippen molar-refractivity contribution in [3.8, 4) is 28.4 Å². The molecule has 0 amide bonds. The molecule has 8 nitrogen and oxygen atoms in total. The van der Waals surface area contributed by atoms with Crippen LogP contribution >= 0.6 is 12.2 Å². The molecule has 2 heterocycles. The van der Waals surface area contributed by atoms with Crippen molar-refractivity contribution in [2.75, 3.05) is 19.5 Å². The van der Waals surface area contributed by atoms with Gasteiger partial charge in [-0.25, -0.2) is 4.68 Å². The molecule has 0 saturated heterocycles. The molecule has 0 aliphatic rings. The van der Waals surface area contributed by atoms with Crippen LogP contribution in [0.15, 0.2) is 84.4 Å². The van der Waals surface area contributed by atoms with Crippen LogP contribution in [0.4, 0.5) is 5.69 Å². The van der Waals surface area contributed by atoms with E-state index in [0.717, 1.165) is 28.2 Å². The SMILES string of the molecule is COc1ccc(NC(=S)N/N=C/c2cn(-c3ccccc3)nc2-c2cccnc2)cc1OC. The maximum atomic E-state index is 5.36. The Bertz CT molecular complexity index is 1260. The molecule has 0 fully saturated rings. The fraction of sp³-hybridized carbons (Fsp3) is 0.0833. The van der Waals surface area contributed by atoms with E-state index in [2.05, 4.69) is 20.8 Å². The normalized spacial score (nSPS) is 10.7. The van der Waals surface area contributed by atoms with E-state index >= 15 is 0 Å². The molecule has 4 rings (SSSR count). The molecule has 33 heavy (non-hydrogen) atoms. The third kappa shape index (κ3) is 5.34. The molecule has 2 aromatic carbocycles. The number of hydrogen-bond donors (Lipinski definition) is 2. The summed E-state index contributed by atoms with van der Waals surface area (Å²) in [4.78, 5) is 4.21. The molecule has 2 N–H and O–H groups in total. The number of para-hydroxylation sites is 1. The molecule has 2 aromatic heterocycles. The van der Waals surface area contributed by atoms with E-state index in [1.807, 2.05) is 59.4 Å². The fourth-order valence-corrected chi connectivity index (χ4v) is 3.33.